The maximum Gasteiger partial charge on any atom is 0.0723 e. The number of benzene rings is 2. The first-order valence-electron chi connectivity index (χ1n) is 7.86. The Morgan fingerprint density at radius 3 is 2.45 bits per heavy atom. The van der Waals surface area contributed by atoms with Gasteiger partial charge in [0.2, 0.25) is 0 Å². The number of rotatable bonds is 7. The molecule has 0 saturated heterocycles. The predicted molar refractivity (Wildman–Crippen MR) is 92.9 cm³/mol. The molecule has 1 aliphatic carbocycles. The zero-order valence-electron chi connectivity index (χ0n) is 12.9. The van der Waals surface area contributed by atoms with E-state index in [-0.39, 0.29) is 6.10 Å². The molecular formula is C21H22O. The molecule has 0 radical (unpaired) electrons. The zero-order valence-corrected chi connectivity index (χ0v) is 12.9. The third-order valence-corrected chi connectivity index (χ3v) is 4.28. The molecule has 0 saturated carbocycles. The summed E-state index contributed by atoms with van der Waals surface area (Å²) in [5.74, 6) is 0. The molecule has 2 aromatic rings. The summed E-state index contributed by atoms with van der Waals surface area (Å²) in [6.45, 7) is 8.27. The lowest BCUT2D eigenvalue weighted by molar-refractivity contribution is 0.0445. The molecule has 0 amide bonds. The minimum absolute atomic E-state index is 0.176. The van der Waals surface area contributed by atoms with Gasteiger partial charge in [0.05, 0.1) is 12.7 Å². The molecule has 1 heteroatoms. The molecule has 0 N–H and O–H groups in total. The number of hydrogen-bond donors (Lipinski definition) is 0. The van der Waals surface area contributed by atoms with E-state index in [1.807, 2.05) is 12.2 Å². The van der Waals surface area contributed by atoms with E-state index in [4.69, 9.17) is 4.74 Å². The Morgan fingerprint density at radius 2 is 1.68 bits per heavy atom. The van der Waals surface area contributed by atoms with E-state index in [9.17, 15) is 0 Å². The van der Waals surface area contributed by atoms with Crippen LogP contribution in [0, 0.1) is 0 Å². The van der Waals surface area contributed by atoms with Crippen molar-refractivity contribution in [2.24, 2.45) is 0 Å². The lowest BCUT2D eigenvalue weighted by atomic mass is 10.0. The third-order valence-electron chi connectivity index (χ3n) is 4.28. The summed E-state index contributed by atoms with van der Waals surface area (Å²) in [5.41, 5.74) is 6.86. The highest BCUT2D eigenvalue weighted by molar-refractivity contribution is 5.77. The highest BCUT2D eigenvalue weighted by Gasteiger charge is 2.20. The molecule has 0 bridgehead atoms. The monoisotopic (exact) mass is 290 g/mol. The number of hydrogen-bond acceptors (Lipinski definition) is 1. The summed E-state index contributed by atoms with van der Waals surface area (Å²) >= 11 is 0. The van der Waals surface area contributed by atoms with Crippen molar-refractivity contribution in [3.63, 3.8) is 0 Å². The van der Waals surface area contributed by atoms with Crippen LogP contribution in [0.1, 0.15) is 29.5 Å². The first-order valence-corrected chi connectivity index (χ1v) is 7.86. The first kappa shape index (κ1) is 14.8. The van der Waals surface area contributed by atoms with Gasteiger partial charge in [0.25, 0.3) is 0 Å². The number of fused-ring (bicyclic) bond motifs is 3. The van der Waals surface area contributed by atoms with Crippen LogP contribution in [-0.4, -0.2) is 6.10 Å². The predicted octanol–water partition coefficient (Wildman–Crippen LogP) is 5.30. The molecular weight excluding hydrogens is 268 g/mol. The SMILES string of the molecule is C=CCC(CC=C)OCc1cccc2c1Cc1ccccc1-2. The number of ether oxygens (including phenoxy) is 1. The molecule has 1 nitrogen and oxygen atoms in total. The smallest absolute Gasteiger partial charge is 0.0723 e. The van der Waals surface area contributed by atoms with Crippen LogP contribution < -0.4 is 0 Å². The molecule has 3 rings (SSSR count). The van der Waals surface area contributed by atoms with Crippen LogP contribution in [0.25, 0.3) is 11.1 Å². The van der Waals surface area contributed by atoms with Crippen molar-refractivity contribution in [3.8, 4) is 11.1 Å². The topological polar surface area (TPSA) is 9.23 Å². The van der Waals surface area contributed by atoms with Crippen LogP contribution >= 0.6 is 0 Å². The summed E-state index contributed by atoms with van der Waals surface area (Å²) in [6, 6.07) is 15.2. The molecule has 22 heavy (non-hydrogen) atoms. The van der Waals surface area contributed by atoms with Crippen molar-refractivity contribution >= 4 is 0 Å². The fourth-order valence-corrected chi connectivity index (χ4v) is 3.17. The van der Waals surface area contributed by atoms with E-state index in [1.165, 1.54) is 27.8 Å². The minimum atomic E-state index is 0.176. The normalized spacial score (nSPS) is 12.0. The van der Waals surface area contributed by atoms with Gasteiger partial charge in [0.1, 0.15) is 0 Å². The van der Waals surface area contributed by atoms with Gasteiger partial charge < -0.3 is 4.74 Å². The second-order valence-corrected chi connectivity index (χ2v) is 5.76. The lowest BCUT2D eigenvalue weighted by Gasteiger charge is -2.16. The third kappa shape index (κ3) is 2.90. The van der Waals surface area contributed by atoms with Gasteiger partial charge in [-0.15, -0.1) is 13.2 Å². The molecule has 0 aromatic heterocycles. The summed E-state index contributed by atoms with van der Waals surface area (Å²) in [4.78, 5) is 0. The fourth-order valence-electron chi connectivity index (χ4n) is 3.17. The van der Waals surface area contributed by atoms with Crippen LogP contribution in [-0.2, 0) is 17.8 Å². The van der Waals surface area contributed by atoms with Crippen LogP contribution in [0.4, 0.5) is 0 Å². The van der Waals surface area contributed by atoms with Gasteiger partial charge >= 0.3 is 0 Å². The summed E-state index contributed by atoms with van der Waals surface area (Å²) < 4.78 is 6.09. The summed E-state index contributed by atoms with van der Waals surface area (Å²) in [6.07, 6.45) is 6.75. The Hall–Kier alpha value is -2.12. The molecule has 0 fully saturated rings. The highest BCUT2D eigenvalue weighted by atomic mass is 16.5. The Balaban J connectivity index is 1.79. The molecule has 1 aliphatic rings. The van der Waals surface area contributed by atoms with Crippen LogP contribution in [0.5, 0.6) is 0 Å². The molecule has 112 valence electrons. The van der Waals surface area contributed by atoms with E-state index in [0.29, 0.717) is 6.61 Å². The molecule has 0 spiro atoms. The van der Waals surface area contributed by atoms with Crippen LogP contribution in [0.3, 0.4) is 0 Å². The lowest BCUT2D eigenvalue weighted by Crippen LogP contribution is -2.11. The van der Waals surface area contributed by atoms with Crippen molar-refractivity contribution in [2.45, 2.75) is 32.0 Å². The van der Waals surface area contributed by atoms with Crippen molar-refractivity contribution in [2.75, 3.05) is 0 Å². The largest absolute Gasteiger partial charge is 0.373 e. The molecule has 0 atom stereocenters. The Kier molecular flexibility index (Phi) is 4.55. The van der Waals surface area contributed by atoms with Crippen LogP contribution in [0.2, 0.25) is 0 Å². The van der Waals surface area contributed by atoms with E-state index < -0.39 is 0 Å². The van der Waals surface area contributed by atoms with Crippen molar-refractivity contribution < 1.29 is 4.74 Å². The average molecular weight is 290 g/mol. The van der Waals surface area contributed by atoms with E-state index in [1.54, 1.807) is 0 Å². The van der Waals surface area contributed by atoms with Gasteiger partial charge in [-0.2, -0.15) is 0 Å². The Morgan fingerprint density at radius 1 is 0.955 bits per heavy atom. The van der Waals surface area contributed by atoms with Gasteiger partial charge in [0.15, 0.2) is 0 Å². The van der Waals surface area contributed by atoms with Crippen molar-refractivity contribution in [1.82, 2.24) is 0 Å². The van der Waals surface area contributed by atoms with Gasteiger partial charge in [-0.1, -0.05) is 54.6 Å². The Bertz CT molecular complexity index is 674. The summed E-state index contributed by atoms with van der Waals surface area (Å²) in [5, 5.41) is 0. The summed E-state index contributed by atoms with van der Waals surface area (Å²) in [7, 11) is 0. The van der Waals surface area contributed by atoms with Gasteiger partial charge in [0, 0.05) is 0 Å². The van der Waals surface area contributed by atoms with E-state index in [0.717, 1.165) is 19.3 Å². The molecule has 0 unspecified atom stereocenters. The van der Waals surface area contributed by atoms with E-state index >= 15 is 0 Å². The second kappa shape index (κ2) is 6.76. The maximum atomic E-state index is 6.09. The standard InChI is InChI=1S/C21H22O/c1-3-8-18(9-4-2)22-15-17-11-7-13-20-19-12-6-5-10-16(19)14-21(17)20/h3-7,10-13,18H,1-2,8-9,14-15H2. The molecule has 0 heterocycles. The van der Waals surface area contributed by atoms with Gasteiger partial charge in [-0.05, 0) is 47.1 Å². The minimum Gasteiger partial charge on any atom is -0.373 e. The first-order chi connectivity index (χ1) is 10.8. The average Bonchev–Trinajstić information content (AvgIpc) is 2.92. The quantitative estimate of drug-likeness (QED) is 0.537. The molecule has 2 aromatic carbocycles. The second-order valence-electron chi connectivity index (χ2n) is 5.76. The van der Waals surface area contributed by atoms with E-state index in [2.05, 4.69) is 55.6 Å². The fraction of sp³-hybridized carbons (Fsp3) is 0.238. The highest BCUT2D eigenvalue weighted by Crippen LogP contribution is 2.38. The van der Waals surface area contributed by atoms with Gasteiger partial charge in [-0.3, -0.25) is 0 Å². The van der Waals surface area contributed by atoms with Gasteiger partial charge in [-0.25, -0.2) is 0 Å². The maximum absolute atomic E-state index is 6.09. The van der Waals surface area contributed by atoms with Crippen molar-refractivity contribution in [1.29, 1.82) is 0 Å². The Labute approximate surface area is 133 Å². The molecule has 0 aliphatic heterocycles. The zero-order chi connectivity index (χ0) is 15.4. The van der Waals surface area contributed by atoms with Crippen LogP contribution in [0.15, 0.2) is 67.8 Å². The van der Waals surface area contributed by atoms with Crippen molar-refractivity contribution in [3.05, 3.63) is 84.5 Å².